The highest BCUT2D eigenvalue weighted by Gasteiger charge is 2.05. The number of aromatic nitrogens is 1. The molecule has 21 heavy (non-hydrogen) atoms. The van der Waals surface area contributed by atoms with Crippen LogP contribution in [0, 0.1) is 6.92 Å². The number of rotatable bonds is 7. The van der Waals surface area contributed by atoms with Gasteiger partial charge >= 0.3 is 0 Å². The second-order valence-corrected chi connectivity index (χ2v) is 4.79. The third-order valence-electron chi connectivity index (χ3n) is 3.27. The summed E-state index contributed by atoms with van der Waals surface area (Å²) in [5.41, 5.74) is 3.44. The summed E-state index contributed by atoms with van der Waals surface area (Å²) in [6.07, 6.45) is 1.82. The van der Waals surface area contributed by atoms with Gasteiger partial charge in [-0.3, -0.25) is 4.98 Å². The molecule has 0 radical (unpaired) electrons. The fraction of sp³-hybridized carbons (Fsp3) is 0.353. The molecule has 112 valence electrons. The van der Waals surface area contributed by atoms with E-state index in [2.05, 4.69) is 23.3 Å². The summed E-state index contributed by atoms with van der Waals surface area (Å²) < 4.78 is 10.9. The van der Waals surface area contributed by atoms with Gasteiger partial charge in [0.2, 0.25) is 0 Å². The predicted octanol–water partition coefficient (Wildman–Crippen LogP) is 3.09. The molecule has 0 atom stereocenters. The van der Waals surface area contributed by atoms with Gasteiger partial charge < -0.3 is 14.8 Å². The lowest BCUT2D eigenvalue weighted by Crippen LogP contribution is -2.14. The summed E-state index contributed by atoms with van der Waals surface area (Å²) in [5.74, 6) is 1.55. The monoisotopic (exact) mass is 286 g/mol. The molecule has 0 bridgehead atoms. The highest BCUT2D eigenvalue weighted by atomic mass is 16.5. The van der Waals surface area contributed by atoms with E-state index < -0.39 is 0 Å². The van der Waals surface area contributed by atoms with Crippen molar-refractivity contribution in [1.82, 2.24) is 10.3 Å². The topological polar surface area (TPSA) is 43.4 Å². The first-order chi connectivity index (χ1) is 10.2. The highest BCUT2D eigenvalue weighted by Crippen LogP contribution is 2.27. The molecule has 1 aromatic carbocycles. The molecule has 1 aromatic heterocycles. The molecular weight excluding hydrogens is 264 g/mol. The van der Waals surface area contributed by atoms with Crippen LogP contribution in [-0.4, -0.2) is 18.7 Å². The fourth-order valence-electron chi connectivity index (χ4n) is 2.13. The molecule has 1 heterocycles. The van der Waals surface area contributed by atoms with Crippen LogP contribution in [0.5, 0.6) is 11.5 Å². The number of ether oxygens (including phenoxy) is 2. The minimum Gasteiger partial charge on any atom is -0.493 e. The summed E-state index contributed by atoms with van der Waals surface area (Å²) in [6, 6.07) is 10.0. The number of pyridine rings is 1. The van der Waals surface area contributed by atoms with Gasteiger partial charge in [0.15, 0.2) is 11.5 Å². The van der Waals surface area contributed by atoms with Crippen LogP contribution in [0.15, 0.2) is 36.5 Å². The maximum absolute atomic E-state index is 5.59. The largest absolute Gasteiger partial charge is 0.493 e. The van der Waals surface area contributed by atoms with Crippen molar-refractivity contribution < 1.29 is 9.47 Å². The van der Waals surface area contributed by atoms with Crippen LogP contribution >= 0.6 is 0 Å². The Kier molecular flexibility index (Phi) is 5.58. The first-order valence-corrected chi connectivity index (χ1v) is 7.15. The third-order valence-corrected chi connectivity index (χ3v) is 3.27. The molecule has 0 unspecified atom stereocenters. The van der Waals surface area contributed by atoms with Gasteiger partial charge in [0, 0.05) is 19.3 Å². The molecular formula is C17H22N2O2. The Morgan fingerprint density at radius 2 is 2.00 bits per heavy atom. The van der Waals surface area contributed by atoms with Crippen molar-refractivity contribution in [3.8, 4) is 11.5 Å². The van der Waals surface area contributed by atoms with Crippen LogP contribution in [0.25, 0.3) is 0 Å². The molecule has 0 aliphatic carbocycles. The number of nitrogens with one attached hydrogen (secondary N) is 1. The van der Waals surface area contributed by atoms with Gasteiger partial charge in [-0.2, -0.15) is 0 Å². The van der Waals surface area contributed by atoms with Crippen molar-refractivity contribution in [2.24, 2.45) is 0 Å². The van der Waals surface area contributed by atoms with E-state index in [1.807, 2.05) is 37.4 Å². The van der Waals surface area contributed by atoms with Gasteiger partial charge in [0.1, 0.15) is 0 Å². The van der Waals surface area contributed by atoms with Gasteiger partial charge in [-0.1, -0.05) is 12.1 Å². The average Bonchev–Trinajstić information content (AvgIpc) is 2.50. The second kappa shape index (κ2) is 7.64. The maximum Gasteiger partial charge on any atom is 0.161 e. The van der Waals surface area contributed by atoms with Crippen LogP contribution in [-0.2, 0) is 13.1 Å². The lowest BCUT2D eigenvalue weighted by Gasteiger charge is -2.12. The summed E-state index contributed by atoms with van der Waals surface area (Å²) in [5, 5.41) is 3.41. The van der Waals surface area contributed by atoms with Crippen molar-refractivity contribution >= 4 is 0 Å². The van der Waals surface area contributed by atoms with E-state index in [0.717, 1.165) is 35.8 Å². The molecule has 2 rings (SSSR count). The molecule has 0 aliphatic heterocycles. The normalized spacial score (nSPS) is 10.4. The number of hydrogen-bond acceptors (Lipinski definition) is 4. The van der Waals surface area contributed by atoms with Gasteiger partial charge in [-0.15, -0.1) is 0 Å². The van der Waals surface area contributed by atoms with Crippen molar-refractivity contribution in [3.63, 3.8) is 0 Å². The van der Waals surface area contributed by atoms with Crippen LogP contribution < -0.4 is 14.8 Å². The average molecular weight is 286 g/mol. The van der Waals surface area contributed by atoms with E-state index in [4.69, 9.17) is 9.47 Å². The fourth-order valence-corrected chi connectivity index (χ4v) is 2.13. The van der Waals surface area contributed by atoms with E-state index in [0.29, 0.717) is 6.61 Å². The molecule has 4 heteroatoms. The Balaban J connectivity index is 1.97. The van der Waals surface area contributed by atoms with Crippen LogP contribution in [0.3, 0.4) is 0 Å². The van der Waals surface area contributed by atoms with Crippen LogP contribution in [0.1, 0.15) is 23.7 Å². The highest BCUT2D eigenvalue weighted by molar-refractivity contribution is 5.42. The maximum atomic E-state index is 5.59. The van der Waals surface area contributed by atoms with E-state index >= 15 is 0 Å². The summed E-state index contributed by atoms with van der Waals surface area (Å²) >= 11 is 0. The number of methoxy groups -OCH3 is 1. The Labute approximate surface area is 126 Å². The second-order valence-electron chi connectivity index (χ2n) is 4.79. The van der Waals surface area contributed by atoms with Crippen molar-refractivity contribution in [2.75, 3.05) is 13.7 Å². The Hall–Kier alpha value is -2.07. The molecule has 0 fully saturated rings. The minimum atomic E-state index is 0.625. The zero-order valence-electron chi connectivity index (χ0n) is 12.8. The number of aryl methyl sites for hydroxylation is 1. The zero-order chi connectivity index (χ0) is 15.1. The van der Waals surface area contributed by atoms with Gasteiger partial charge in [-0.25, -0.2) is 0 Å². The van der Waals surface area contributed by atoms with Crippen molar-refractivity contribution in [2.45, 2.75) is 26.9 Å². The predicted molar refractivity (Wildman–Crippen MR) is 83.7 cm³/mol. The summed E-state index contributed by atoms with van der Waals surface area (Å²) in [4.78, 5) is 4.38. The quantitative estimate of drug-likeness (QED) is 0.849. The third kappa shape index (κ3) is 4.20. The Bertz CT molecular complexity index is 585. The number of benzene rings is 1. The molecule has 2 aromatic rings. The molecule has 0 amide bonds. The molecule has 0 spiro atoms. The smallest absolute Gasteiger partial charge is 0.161 e. The van der Waals surface area contributed by atoms with Gasteiger partial charge in [0.05, 0.1) is 19.4 Å². The number of nitrogens with zero attached hydrogens (tertiary/aromatic N) is 1. The standard InChI is InChI=1S/C17H22N2O2/c1-4-21-17-10-14(7-8-16(17)20-3)11-18-12-15-13(2)6-5-9-19-15/h5-10,18H,4,11-12H2,1-3H3. The lowest BCUT2D eigenvalue weighted by molar-refractivity contribution is 0.310. The lowest BCUT2D eigenvalue weighted by atomic mass is 10.2. The molecule has 0 aliphatic rings. The molecule has 4 nitrogen and oxygen atoms in total. The van der Waals surface area contributed by atoms with Crippen molar-refractivity contribution in [3.05, 3.63) is 53.3 Å². The Morgan fingerprint density at radius 1 is 1.14 bits per heavy atom. The first-order valence-electron chi connectivity index (χ1n) is 7.15. The molecule has 1 N–H and O–H groups in total. The van der Waals surface area contributed by atoms with E-state index in [-0.39, 0.29) is 0 Å². The SMILES string of the molecule is CCOc1cc(CNCc2ncccc2C)ccc1OC. The summed E-state index contributed by atoms with van der Waals surface area (Å²) in [6.45, 7) is 6.18. The van der Waals surface area contributed by atoms with E-state index in [1.54, 1.807) is 7.11 Å². The van der Waals surface area contributed by atoms with Crippen LogP contribution in [0.4, 0.5) is 0 Å². The minimum absolute atomic E-state index is 0.625. The van der Waals surface area contributed by atoms with E-state index in [1.165, 1.54) is 5.56 Å². The van der Waals surface area contributed by atoms with Gasteiger partial charge in [0.25, 0.3) is 0 Å². The van der Waals surface area contributed by atoms with Crippen LogP contribution in [0.2, 0.25) is 0 Å². The zero-order valence-corrected chi connectivity index (χ0v) is 12.8. The van der Waals surface area contributed by atoms with Crippen molar-refractivity contribution in [1.29, 1.82) is 0 Å². The number of hydrogen-bond donors (Lipinski definition) is 1. The molecule has 0 saturated carbocycles. The van der Waals surface area contributed by atoms with E-state index in [9.17, 15) is 0 Å². The summed E-state index contributed by atoms with van der Waals surface area (Å²) in [7, 11) is 1.65. The Morgan fingerprint density at radius 3 is 2.71 bits per heavy atom. The first kappa shape index (κ1) is 15.3. The van der Waals surface area contributed by atoms with Gasteiger partial charge in [-0.05, 0) is 43.2 Å². The molecule has 0 saturated heterocycles.